The van der Waals surface area contributed by atoms with E-state index in [-0.39, 0.29) is 17.8 Å². The number of amides is 1. The van der Waals surface area contributed by atoms with Crippen LogP contribution >= 0.6 is 0 Å². The summed E-state index contributed by atoms with van der Waals surface area (Å²) in [5, 5.41) is 2.39. The Morgan fingerprint density at radius 1 is 1.00 bits per heavy atom. The van der Waals surface area contributed by atoms with Gasteiger partial charge in [0.05, 0.1) is 23.2 Å². The Hall–Kier alpha value is -2.79. The molecule has 7 nitrogen and oxygen atoms in total. The van der Waals surface area contributed by atoms with Crippen molar-refractivity contribution < 1.29 is 26.4 Å². The summed E-state index contributed by atoms with van der Waals surface area (Å²) in [5.74, 6) is -0.687. The van der Waals surface area contributed by atoms with Crippen LogP contribution in [0.1, 0.15) is 21.5 Å². The second-order valence-electron chi connectivity index (χ2n) is 8.40. The van der Waals surface area contributed by atoms with Crippen molar-refractivity contribution in [3.63, 3.8) is 0 Å². The molecule has 0 unspecified atom stereocenters. The van der Waals surface area contributed by atoms with Crippen LogP contribution in [0.5, 0.6) is 0 Å². The van der Waals surface area contributed by atoms with Gasteiger partial charge in [-0.15, -0.1) is 0 Å². The summed E-state index contributed by atoms with van der Waals surface area (Å²) in [6.45, 7) is 3.04. The van der Waals surface area contributed by atoms with Gasteiger partial charge >= 0.3 is 6.18 Å². The number of nitrogens with one attached hydrogen (secondary N) is 1. The third-order valence-electron chi connectivity index (χ3n) is 6.02. The maximum Gasteiger partial charge on any atom is 0.418 e. The van der Waals surface area contributed by atoms with E-state index in [1.807, 2.05) is 11.9 Å². The minimum Gasteiger partial charge on any atom is -0.369 e. The van der Waals surface area contributed by atoms with Gasteiger partial charge in [0.15, 0.2) is 0 Å². The Labute approximate surface area is 190 Å². The van der Waals surface area contributed by atoms with Crippen molar-refractivity contribution >= 4 is 33.0 Å². The van der Waals surface area contributed by atoms with Crippen molar-refractivity contribution in [2.45, 2.75) is 12.6 Å². The number of rotatable bonds is 4. The second-order valence-corrected chi connectivity index (χ2v) is 10.3. The predicted octanol–water partition coefficient (Wildman–Crippen LogP) is 3.03. The minimum absolute atomic E-state index is 0.167. The molecular weight excluding hydrogens is 457 g/mol. The lowest BCUT2D eigenvalue weighted by Crippen LogP contribution is -2.44. The highest BCUT2D eigenvalue weighted by molar-refractivity contribution is 7.92. The Balaban J connectivity index is 1.58. The molecule has 0 atom stereocenters. The van der Waals surface area contributed by atoms with Gasteiger partial charge in [-0.3, -0.25) is 9.10 Å². The Bertz CT molecular complexity index is 1180. The van der Waals surface area contributed by atoms with Gasteiger partial charge in [0.25, 0.3) is 5.91 Å². The van der Waals surface area contributed by atoms with Gasteiger partial charge in [-0.2, -0.15) is 13.2 Å². The molecule has 2 heterocycles. The molecule has 2 aromatic rings. The number of hydrogen-bond donors (Lipinski definition) is 1. The summed E-state index contributed by atoms with van der Waals surface area (Å²) in [6.07, 6.45) is -3.11. The first-order valence-electron chi connectivity index (χ1n) is 10.5. The maximum absolute atomic E-state index is 13.8. The fourth-order valence-corrected chi connectivity index (χ4v) is 5.15. The summed E-state index contributed by atoms with van der Waals surface area (Å²) in [4.78, 5) is 16.8. The summed E-state index contributed by atoms with van der Waals surface area (Å²) >= 11 is 0. The topological polar surface area (TPSA) is 73.0 Å². The van der Waals surface area contributed by atoms with E-state index in [1.165, 1.54) is 28.6 Å². The van der Waals surface area contributed by atoms with Crippen LogP contribution in [-0.2, 0) is 22.6 Å². The highest BCUT2D eigenvalue weighted by Crippen LogP contribution is 2.38. The van der Waals surface area contributed by atoms with E-state index in [2.05, 4.69) is 10.2 Å². The highest BCUT2D eigenvalue weighted by atomic mass is 32.2. The molecule has 0 spiro atoms. The van der Waals surface area contributed by atoms with Crippen molar-refractivity contribution in [3.8, 4) is 0 Å². The molecule has 0 aliphatic carbocycles. The zero-order chi connectivity index (χ0) is 24.0. The van der Waals surface area contributed by atoms with Crippen LogP contribution in [0.4, 0.5) is 30.2 Å². The van der Waals surface area contributed by atoms with Crippen LogP contribution < -0.4 is 14.5 Å². The molecular formula is C22H25F3N4O3S. The average molecular weight is 483 g/mol. The van der Waals surface area contributed by atoms with E-state index >= 15 is 0 Å². The first kappa shape index (κ1) is 23.4. The number of likely N-dealkylation sites (N-methyl/N-ethyl adjacent to an activating group) is 1. The van der Waals surface area contributed by atoms with Crippen LogP contribution in [0.2, 0.25) is 0 Å². The quantitative estimate of drug-likeness (QED) is 0.726. The van der Waals surface area contributed by atoms with Crippen LogP contribution in [0.15, 0.2) is 36.4 Å². The number of carbonyl (C=O) groups excluding carboxylic acids is 1. The maximum atomic E-state index is 13.8. The van der Waals surface area contributed by atoms with E-state index in [0.29, 0.717) is 36.4 Å². The lowest BCUT2D eigenvalue weighted by Gasteiger charge is -2.34. The van der Waals surface area contributed by atoms with E-state index in [1.54, 1.807) is 6.07 Å². The monoisotopic (exact) mass is 482 g/mol. The third-order valence-corrected chi connectivity index (χ3v) is 7.20. The molecule has 2 aromatic carbocycles. The van der Waals surface area contributed by atoms with Crippen LogP contribution in [0, 0.1) is 0 Å². The lowest BCUT2D eigenvalue weighted by molar-refractivity contribution is -0.136. The van der Waals surface area contributed by atoms with Gasteiger partial charge in [-0.05, 0) is 55.4 Å². The Morgan fingerprint density at radius 2 is 1.70 bits per heavy atom. The van der Waals surface area contributed by atoms with Crippen molar-refractivity contribution in [2.75, 3.05) is 60.5 Å². The number of halogens is 3. The van der Waals surface area contributed by atoms with Gasteiger partial charge in [0, 0.05) is 44.0 Å². The number of anilines is 3. The molecule has 178 valence electrons. The third kappa shape index (κ3) is 4.93. The zero-order valence-electron chi connectivity index (χ0n) is 18.3. The molecule has 2 aliphatic rings. The fraction of sp³-hybridized carbons (Fsp3) is 0.409. The minimum atomic E-state index is -4.64. The molecule has 1 fully saturated rings. The summed E-state index contributed by atoms with van der Waals surface area (Å²) in [7, 11) is -1.47. The number of carbonyl (C=O) groups is 1. The molecule has 4 rings (SSSR count). The van der Waals surface area contributed by atoms with E-state index in [9.17, 15) is 26.4 Å². The standard InChI is InChI=1S/C22H25F3N4O3S/c1-27-9-11-28(12-10-27)17-4-5-19(18(14-17)22(23,24)25)26-21(30)16-3-6-20-15(13-16)7-8-29(20)33(2,31)32/h3-6,13-14H,7-12H2,1-2H3,(H,26,30). The number of hydrogen-bond acceptors (Lipinski definition) is 5. The number of sulfonamides is 1. The number of benzene rings is 2. The lowest BCUT2D eigenvalue weighted by atomic mass is 10.1. The van der Waals surface area contributed by atoms with Gasteiger partial charge in [0.1, 0.15) is 0 Å². The molecule has 33 heavy (non-hydrogen) atoms. The van der Waals surface area contributed by atoms with Gasteiger partial charge in [0.2, 0.25) is 10.0 Å². The number of nitrogens with zero attached hydrogens (tertiary/aromatic N) is 3. The van der Waals surface area contributed by atoms with Gasteiger partial charge in [-0.25, -0.2) is 8.42 Å². The van der Waals surface area contributed by atoms with Crippen molar-refractivity contribution in [1.29, 1.82) is 0 Å². The van der Waals surface area contributed by atoms with E-state index in [0.717, 1.165) is 25.4 Å². The van der Waals surface area contributed by atoms with Crippen molar-refractivity contribution in [2.24, 2.45) is 0 Å². The molecule has 0 saturated carbocycles. The molecule has 1 amide bonds. The average Bonchev–Trinajstić information content (AvgIpc) is 3.17. The number of piperazine rings is 1. The van der Waals surface area contributed by atoms with Gasteiger partial charge < -0.3 is 15.1 Å². The smallest absolute Gasteiger partial charge is 0.369 e. The fourth-order valence-electron chi connectivity index (χ4n) is 4.19. The number of alkyl halides is 3. The molecule has 1 saturated heterocycles. The predicted molar refractivity (Wildman–Crippen MR) is 121 cm³/mol. The first-order chi connectivity index (χ1) is 15.4. The number of fused-ring (bicyclic) bond motifs is 1. The highest BCUT2D eigenvalue weighted by Gasteiger charge is 2.35. The second kappa shape index (κ2) is 8.53. The first-order valence-corrected chi connectivity index (χ1v) is 12.3. The molecule has 0 bridgehead atoms. The Morgan fingerprint density at radius 3 is 2.33 bits per heavy atom. The summed E-state index contributed by atoms with van der Waals surface area (Å²) in [5.41, 5.74) is 0.559. The van der Waals surface area contributed by atoms with Gasteiger partial charge in [-0.1, -0.05) is 0 Å². The van der Waals surface area contributed by atoms with Crippen LogP contribution in [-0.4, -0.2) is 65.3 Å². The molecule has 11 heteroatoms. The summed E-state index contributed by atoms with van der Waals surface area (Å²) in [6, 6.07) is 8.41. The molecule has 0 aromatic heterocycles. The SMILES string of the molecule is CN1CCN(c2ccc(NC(=O)c3ccc4c(c3)CCN4S(C)(=O)=O)c(C(F)(F)F)c2)CC1. The van der Waals surface area contributed by atoms with E-state index < -0.39 is 27.7 Å². The van der Waals surface area contributed by atoms with Crippen LogP contribution in [0.25, 0.3) is 0 Å². The summed E-state index contributed by atoms with van der Waals surface area (Å²) < 4.78 is 66.4. The molecule has 2 aliphatic heterocycles. The normalized spacial score (nSPS) is 17.2. The molecule has 1 N–H and O–H groups in total. The van der Waals surface area contributed by atoms with Crippen molar-refractivity contribution in [1.82, 2.24) is 4.90 Å². The molecule has 0 radical (unpaired) electrons. The largest absolute Gasteiger partial charge is 0.418 e. The van der Waals surface area contributed by atoms with Crippen molar-refractivity contribution in [3.05, 3.63) is 53.1 Å². The zero-order valence-corrected chi connectivity index (χ0v) is 19.1. The van der Waals surface area contributed by atoms with E-state index in [4.69, 9.17) is 0 Å². The van der Waals surface area contributed by atoms with Crippen LogP contribution in [0.3, 0.4) is 0 Å². The Kier molecular flexibility index (Phi) is 6.04.